The van der Waals surface area contributed by atoms with Gasteiger partial charge in [-0.05, 0) is 58.7 Å². The van der Waals surface area contributed by atoms with Crippen molar-refractivity contribution in [3.05, 3.63) is 0 Å². The van der Waals surface area contributed by atoms with E-state index < -0.39 is 0 Å². The lowest BCUT2D eigenvalue weighted by Gasteiger charge is -2.16. The molecule has 0 spiro atoms. The molecule has 1 aliphatic heterocycles. The predicted octanol–water partition coefficient (Wildman–Crippen LogP) is 1.46. The Kier molecular flexibility index (Phi) is 4.02. The molecule has 12 heavy (non-hydrogen) atoms. The van der Waals surface area contributed by atoms with Gasteiger partial charge in [0.1, 0.15) is 0 Å². The van der Waals surface area contributed by atoms with Gasteiger partial charge in [-0.2, -0.15) is 0 Å². The van der Waals surface area contributed by atoms with E-state index in [1.165, 1.54) is 38.8 Å². The van der Waals surface area contributed by atoms with Crippen molar-refractivity contribution in [2.24, 2.45) is 11.7 Å². The Morgan fingerprint density at radius 2 is 2.17 bits per heavy atom. The van der Waals surface area contributed by atoms with E-state index in [2.05, 4.69) is 18.9 Å². The molecule has 2 unspecified atom stereocenters. The molecule has 1 saturated heterocycles. The summed E-state index contributed by atoms with van der Waals surface area (Å²) in [5.41, 5.74) is 5.80. The minimum Gasteiger partial charge on any atom is -0.328 e. The second kappa shape index (κ2) is 4.83. The van der Waals surface area contributed by atoms with Crippen molar-refractivity contribution < 1.29 is 0 Å². The largest absolute Gasteiger partial charge is 0.328 e. The van der Waals surface area contributed by atoms with Crippen LogP contribution >= 0.6 is 0 Å². The fraction of sp³-hybridized carbons (Fsp3) is 1.00. The highest BCUT2D eigenvalue weighted by Crippen LogP contribution is 2.20. The average molecular weight is 170 g/mol. The maximum atomic E-state index is 5.80. The van der Waals surface area contributed by atoms with Crippen LogP contribution in [0, 0.1) is 5.92 Å². The van der Waals surface area contributed by atoms with Crippen molar-refractivity contribution in [3.63, 3.8) is 0 Å². The van der Waals surface area contributed by atoms with Crippen molar-refractivity contribution in [1.29, 1.82) is 0 Å². The highest BCUT2D eigenvalue weighted by molar-refractivity contribution is 4.70. The molecule has 2 heteroatoms. The van der Waals surface area contributed by atoms with Crippen LogP contribution in [-0.2, 0) is 0 Å². The first-order valence-electron chi connectivity index (χ1n) is 5.12. The first-order valence-corrected chi connectivity index (χ1v) is 5.12. The Labute approximate surface area is 76.1 Å². The first-order chi connectivity index (χ1) is 5.68. The zero-order valence-corrected chi connectivity index (χ0v) is 8.42. The smallest absolute Gasteiger partial charge is 0.00131 e. The summed E-state index contributed by atoms with van der Waals surface area (Å²) in [6.07, 6.45) is 5.30. The lowest BCUT2D eigenvalue weighted by Crippen LogP contribution is -2.21. The molecule has 1 aliphatic rings. The summed E-state index contributed by atoms with van der Waals surface area (Å²) in [6, 6.07) is 0.387. The lowest BCUT2D eigenvalue weighted by atomic mass is 9.94. The van der Waals surface area contributed by atoms with E-state index in [1.54, 1.807) is 0 Å². The molecule has 1 heterocycles. The molecule has 2 nitrogen and oxygen atoms in total. The van der Waals surface area contributed by atoms with Gasteiger partial charge < -0.3 is 10.6 Å². The first kappa shape index (κ1) is 10.0. The van der Waals surface area contributed by atoms with Gasteiger partial charge in [0.2, 0.25) is 0 Å². The van der Waals surface area contributed by atoms with Crippen molar-refractivity contribution >= 4 is 0 Å². The number of likely N-dealkylation sites (tertiary alicyclic amines) is 1. The Morgan fingerprint density at radius 3 is 2.83 bits per heavy atom. The second-order valence-corrected chi connectivity index (χ2v) is 4.31. The Bertz CT molecular complexity index is 123. The number of hydrogen-bond donors (Lipinski definition) is 1. The monoisotopic (exact) mass is 170 g/mol. The van der Waals surface area contributed by atoms with Gasteiger partial charge in [0.05, 0.1) is 0 Å². The molecule has 0 aromatic rings. The lowest BCUT2D eigenvalue weighted by molar-refractivity contribution is 0.335. The van der Waals surface area contributed by atoms with E-state index in [1.807, 2.05) is 0 Å². The minimum atomic E-state index is 0.387. The number of nitrogens with two attached hydrogens (primary N) is 1. The van der Waals surface area contributed by atoms with E-state index in [9.17, 15) is 0 Å². The van der Waals surface area contributed by atoms with E-state index in [0.29, 0.717) is 6.04 Å². The van der Waals surface area contributed by atoms with Crippen LogP contribution in [0.15, 0.2) is 0 Å². The molecule has 2 atom stereocenters. The van der Waals surface area contributed by atoms with Gasteiger partial charge in [-0.25, -0.2) is 0 Å². The third kappa shape index (κ3) is 3.55. The van der Waals surface area contributed by atoms with Gasteiger partial charge in [0, 0.05) is 6.04 Å². The van der Waals surface area contributed by atoms with Gasteiger partial charge in [-0.15, -0.1) is 0 Å². The van der Waals surface area contributed by atoms with Crippen LogP contribution in [0.25, 0.3) is 0 Å². The van der Waals surface area contributed by atoms with Crippen LogP contribution < -0.4 is 5.73 Å². The summed E-state index contributed by atoms with van der Waals surface area (Å²) in [7, 11) is 2.22. The zero-order chi connectivity index (χ0) is 8.97. The summed E-state index contributed by atoms with van der Waals surface area (Å²) in [5, 5.41) is 0. The van der Waals surface area contributed by atoms with Crippen molar-refractivity contribution in [3.8, 4) is 0 Å². The van der Waals surface area contributed by atoms with Crippen LogP contribution in [-0.4, -0.2) is 31.1 Å². The highest BCUT2D eigenvalue weighted by Gasteiger charge is 2.15. The minimum absolute atomic E-state index is 0.387. The number of hydrogen-bond acceptors (Lipinski definition) is 2. The fourth-order valence-electron chi connectivity index (χ4n) is 2.07. The summed E-state index contributed by atoms with van der Waals surface area (Å²) < 4.78 is 0. The van der Waals surface area contributed by atoms with Crippen LogP contribution in [0.4, 0.5) is 0 Å². The summed E-state index contributed by atoms with van der Waals surface area (Å²) >= 11 is 0. The van der Waals surface area contributed by atoms with E-state index in [0.717, 1.165) is 5.92 Å². The van der Waals surface area contributed by atoms with Crippen molar-refractivity contribution in [1.82, 2.24) is 4.90 Å². The third-order valence-electron chi connectivity index (χ3n) is 2.78. The zero-order valence-electron chi connectivity index (χ0n) is 8.42. The molecule has 72 valence electrons. The Hall–Kier alpha value is -0.0800. The number of rotatable bonds is 2. The predicted molar refractivity (Wildman–Crippen MR) is 53.1 cm³/mol. The molecule has 0 radical (unpaired) electrons. The summed E-state index contributed by atoms with van der Waals surface area (Å²) in [4.78, 5) is 2.43. The van der Waals surface area contributed by atoms with E-state index in [-0.39, 0.29) is 0 Å². The quantitative estimate of drug-likeness (QED) is 0.680. The Morgan fingerprint density at radius 1 is 1.42 bits per heavy atom. The molecule has 0 amide bonds. The molecule has 1 rings (SSSR count). The maximum Gasteiger partial charge on any atom is 0.00131 e. The third-order valence-corrected chi connectivity index (χ3v) is 2.78. The summed E-state index contributed by atoms with van der Waals surface area (Å²) in [5.74, 6) is 0.884. The van der Waals surface area contributed by atoms with Crippen molar-refractivity contribution in [2.75, 3.05) is 20.1 Å². The normalized spacial score (nSPS) is 29.8. The molecule has 2 N–H and O–H groups in total. The molecule has 0 saturated carbocycles. The molecule has 0 aromatic carbocycles. The second-order valence-electron chi connectivity index (χ2n) is 4.31. The van der Waals surface area contributed by atoms with E-state index in [4.69, 9.17) is 5.73 Å². The highest BCUT2D eigenvalue weighted by atomic mass is 15.1. The Balaban J connectivity index is 2.26. The maximum absolute atomic E-state index is 5.80. The molecular weight excluding hydrogens is 148 g/mol. The molecule has 0 aromatic heterocycles. The fourth-order valence-corrected chi connectivity index (χ4v) is 2.07. The van der Waals surface area contributed by atoms with Crippen LogP contribution in [0.1, 0.15) is 32.6 Å². The average Bonchev–Trinajstić information content (AvgIpc) is 2.15. The van der Waals surface area contributed by atoms with Crippen LogP contribution in [0.3, 0.4) is 0 Å². The molecule has 1 fully saturated rings. The van der Waals surface area contributed by atoms with Crippen molar-refractivity contribution in [2.45, 2.75) is 38.6 Å². The topological polar surface area (TPSA) is 29.3 Å². The standard InChI is InChI=1S/C10H22N2/c1-9(11)8-10-4-3-6-12(2)7-5-10/h9-10H,3-8,11H2,1-2H3. The van der Waals surface area contributed by atoms with Gasteiger partial charge in [-0.1, -0.05) is 0 Å². The molecular formula is C10H22N2. The van der Waals surface area contributed by atoms with Gasteiger partial charge in [0.15, 0.2) is 0 Å². The van der Waals surface area contributed by atoms with Crippen LogP contribution in [0.2, 0.25) is 0 Å². The van der Waals surface area contributed by atoms with Crippen LogP contribution in [0.5, 0.6) is 0 Å². The van der Waals surface area contributed by atoms with Gasteiger partial charge >= 0.3 is 0 Å². The SMILES string of the molecule is CC(N)CC1CCCN(C)CC1. The van der Waals surface area contributed by atoms with Gasteiger partial charge in [-0.3, -0.25) is 0 Å². The number of nitrogens with zero attached hydrogens (tertiary/aromatic N) is 1. The van der Waals surface area contributed by atoms with Gasteiger partial charge in [0.25, 0.3) is 0 Å². The molecule has 0 aliphatic carbocycles. The van der Waals surface area contributed by atoms with E-state index >= 15 is 0 Å². The molecule has 0 bridgehead atoms. The summed E-state index contributed by atoms with van der Waals surface area (Å²) in [6.45, 7) is 4.65.